The number of hydrogen-bond donors (Lipinski definition) is 0. The van der Waals surface area contributed by atoms with Crippen molar-refractivity contribution in [1.29, 1.82) is 0 Å². The zero-order chi connectivity index (χ0) is 18.2. The van der Waals surface area contributed by atoms with Crippen molar-refractivity contribution < 1.29 is 18.7 Å². The van der Waals surface area contributed by atoms with Crippen molar-refractivity contribution in [2.45, 2.75) is 70.3 Å². The number of carbonyl (C=O) groups excluding carboxylic acids is 2. The second kappa shape index (κ2) is 7.06. The summed E-state index contributed by atoms with van der Waals surface area (Å²) in [7, 11) is 0. The molecule has 0 aromatic heterocycles. The highest BCUT2D eigenvalue weighted by Gasteiger charge is 2.56. The van der Waals surface area contributed by atoms with Crippen molar-refractivity contribution >= 4 is 11.8 Å². The molecule has 5 nitrogen and oxygen atoms in total. The number of piperazine rings is 1. The molecule has 0 saturated carbocycles. The number of fused-ring (bicyclic) bond motifs is 2. The molecule has 3 fully saturated rings. The van der Waals surface area contributed by atoms with Gasteiger partial charge in [-0.3, -0.25) is 9.59 Å². The molecule has 3 saturated heterocycles. The number of rotatable bonds is 5. The summed E-state index contributed by atoms with van der Waals surface area (Å²) >= 11 is 0. The van der Waals surface area contributed by atoms with Crippen LogP contribution in [0.2, 0.25) is 0 Å². The number of likely N-dealkylation sites (tertiary alicyclic amines) is 2. The first-order valence-corrected chi connectivity index (χ1v) is 9.45. The summed E-state index contributed by atoms with van der Waals surface area (Å²) in [4.78, 5) is 29.1. The summed E-state index contributed by atoms with van der Waals surface area (Å²) in [6, 6.07) is -0.0246. The molecule has 0 radical (unpaired) electrons. The number of halogens is 1. The number of ether oxygens (including phenoxy) is 1. The molecule has 3 unspecified atom stereocenters. The Kier molecular flexibility index (Phi) is 5.19. The lowest BCUT2D eigenvalue weighted by molar-refractivity contribution is -0.152. The van der Waals surface area contributed by atoms with Gasteiger partial charge < -0.3 is 14.5 Å². The van der Waals surface area contributed by atoms with E-state index in [-0.39, 0.29) is 30.3 Å². The maximum atomic E-state index is 15.0. The van der Waals surface area contributed by atoms with Crippen LogP contribution in [0.4, 0.5) is 4.39 Å². The van der Waals surface area contributed by atoms with Gasteiger partial charge in [0.15, 0.2) is 0 Å². The van der Waals surface area contributed by atoms with Gasteiger partial charge in [-0.2, -0.15) is 0 Å². The average Bonchev–Trinajstić information content (AvgIpc) is 3.30. The van der Waals surface area contributed by atoms with Crippen LogP contribution in [-0.4, -0.2) is 65.2 Å². The van der Waals surface area contributed by atoms with Gasteiger partial charge in [-0.25, -0.2) is 4.39 Å². The summed E-state index contributed by atoms with van der Waals surface area (Å²) in [6.45, 7) is 6.89. The van der Waals surface area contributed by atoms with Gasteiger partial charge in [0.05, 0.1) is 24.8 Å². The minimum Gasteiger partial charge on any atom is -0.374 e. The van der Waals surface area contributed by atoms with Gasteiger partial charge in [0, 0.05) is 25.4 Å². The largest absolute Gasteiger partial charge is 0.374 e. The molecule has 3 aliphatic heterocycles. The number of hydrogen-bond acceptors (Lipinski definition) is 3. The molecular weight excluding hydrogens is 323 g/mol. The van der Waals surface area contributed by atoms with Crippen LogP contribution in [-0.2, 0) is 14.3 Å². The SMILES string of the molecule is C/C=C/CC(CC)C(=O)N1C[C@@H]2C[C@H]1CN2C(=O)C1(F)CCOC1C. The highest BCUT2D eigenvalue weighted by atomic mass is 19.1. The zero-order valence-corrected chi connectivity index (χ0v) is 15.4. The van der Waals surface area contributed by atoms with Crippen molar-refractivity contribution in [3.05, 3.63) is 12.2 Å². The van der Waals surface area contributed by atoms with Crippen LogP contribution >= 0.6 is 0 Å². The molecule has 2 bridgehead atoms. The smallest absolute Gasteiger partial charge is 0.263 e. The first-order chi connectivity index (χ1) is 11.9. The van der Waals surface area contributed by atoms with Crippen LogP contribution in [0.1, 0.15) is 46.5 Å². The molecule has 5 atom stereocenters. The monoisotopic (exact) mass is 352 g/mol. The topological polar surface area (TPSA) is 49.9 Å². The number of allylic oxidation sites excluding steroid dienone is 2. The highest BCUT2D eigenvalue weighted by Crippen LogP contribution is 2.38. The van der Waals surface area contributed by atoms with Crippen LogP contribution in [0, 0.1) is 5.92 Å². The Hall–Kier alpha value is -1.43. The summed E-state index contributed by atoms with van der Waals surface area (Å²) in [5.74, 6) is -0.277. The molecule has 0 N–H and O–H groups in total. The normalized spacial score (nSPS) is 35.8. The van der Waals surface area contributed by atoms with E-state index in [0.29, 0.717) is 19.7 Å². The van der Waals surface area contributed by atoms with Crippen LogP contribution < -0.4 is 0 Å². The summed E-state index contributed by atoms with van der Waals surface area (Å²) in [6.07, 6.45) is 5.77. The minimum absolute atomic E-state index is 0.00419. The maximum absolute atomic E-state index is 15.0. The quantitative estimate of drug-likeness (QED) is 0.714. The number of nitrogens with zero attached hydrogens (tertiary/aromatic N) is 2. The van der Waals surface area contributed by atoms with E-state index in [0.717, 1.165) is 19.3 Å². The van der Waals surface area contributed by atoms with Gasteiger partial charge in [0.1, 0.15) is 0 Å². The second-order valence-electron chi connectivity index (χ2n) is 7.53. The van der Waals surface area contributed by atoms with Gasteiger partial charge >= 0.3 is 0 Å². The predicted molar refractivity (Wildman–Crippen MR) is 92.7 cm³/mol. The zero-order valence-electron chi connectivity index (χ0n) is 15.4. The van der Waals surface area contributed by atoms with Gasteiger partial charge in [-0.1, -0.05) is 19.1 Å². The third kappa shape index (κ3) is 3.09. The molecule has 25 heavy (non-hydrogen) atoms. The highest BCUT2D eigenvalue weighted by molar-refractivity contribution is 5.87. The molecule has 0 aromatic carbocycles. The number of alkyl halides is 1. The van der Waals surface area contributed by atoms with Gasteiger partial charge in [-0.15, -0.1) is 0 Å². The van der Waals surface area contributed by atoms with E-state index in [9.17, 15) is 9.59 Å². The molecule has 3 aliphatic rings. The van der Waals surface area contributed by atoms with E-state index in [2.05, 4.69) is 0 Å². The van der Waals surface area contributed by atoms with E-state index < -0.39 is 17.7 Å². The predicted octanol–water partition coefficient (Wildman–Crippen LogP) is 2.31. The van der Waals surface area contributed by atoms with Crippen LogP contribution in [0.5, 0.6) is 0 Å². The number of carbonyl (C=O) groups is 2. The van der Waals surface area contributed by atoms with Crippen molar-refractivity contribution in [1.82, 2.24) is 9.80 Å². The Balaban J connectivity index is 1.64. The third-order valence-corrected chi connectivity index (χ3v) is 6.12. The molecule has 0 aromatic rings. The summed E-state index contributed by atoms with van der Waals surface area (Å²) in [5, 5.41) is 0. The molecule has 3 rings (SSSR count). The lowest BCUT2D eigenvalue weighted by atomic mass is 9.96. The molecule has 2 amide bonds. The van der Waals surface area contributed by atoms with E-state index in [1.165, 1.54) is 0 Å². The standard InChI is InChI=1S/C19H29FN2O3/c1-4-6-7-14(5-2)17(23)21-11-16-10-15(21)12-22(16)18(24)19(20)8-9-25-13(19)3/h4,6,13-16H,5,7-12H2,1-3H3/b6-4+/t13?,14?,15-,16-,19?/m0/s1. The van der Waals surface area contributed by atoms with Crippen molar-refractivity contribution in [2.75, 3.05) is 19.7 Å². The lowest BCUT2D eigenvalue weighted by Gasteiger charge is -2.38. The fourth-order valence-corrected chi connectivity index (χ4v) is 4.40. The van der Waals surface area contributed by atoms with Crippen LogP contribution in [0.3, 0.4) is 0 Å². The van der Waals surface area contributed by atoms with Crippen molar-refractivity contribution in [3.8, 4) is 0 Å². The van der Waals surface area contributed by atoms with Gasteiger partial charge in [0.25, 0.3) is 5.91 Å². The maximum Gasteiger partial charge on any atom is 0.263 e. The fraction of sp³-hybridized carbons (Fsp3) is 0.789. The summed E-state index contributed by atoms with van der Waals surface area (Å²) < 4.78 is 20.3. The average molecular weight is 352 g/mol. The molecule has 6 heteroatoms. The minimum atomic E-state index is -1.91. The van der Waals surface area contributed by atoms with Crippen LogP contribution in [0.15, 0.2) is 12.2 Å². The lowest BCUT2D eigenvalue weighted by Crippen LogP contribution is -2.57. The van der Waals surface area contributed by atoms with E-state index in [1.807, 2.05) is 30.9 Å². The van der Waals surface area contributed by atoms with Crippen molar-refractivity contribution in [2.24, 2.45) is 5.92 Å². The molecule has 0 aliphatic carbocycles. The van der Waals surface area contributed by atoms with E-state index >= 15 is 4.39 Å². The Bertz CT molecular complexity index is 567. The van der Waals surface area contributed by atoms with E-state index in [4.69, 9.17) is 4.74 Å². The summed E-state index contributed by atoms with van der Waals surface area (Å²) in [5.41, 5.74) is -1.91. The fourth-order valence-electron chi connectivity index (χ4n) is 4.40. The first kappa shape index (κ1) is 18.4. The molecular formula is C19H29FN2O3. The Morgan fingerprint density at radius 3 is 2.52 bits per heavy atom. The van der Waals surface area contributed by atoms with Crippen molar-refractivity contribution in [3.63, 3.8) is 0 Å². The molecule has 140 valence electrons. The molecule has 0 spiro atoms. The van der Waals surface area contributed by atoms with Gasteiger partial charge in [0.2, 0.25) is 11.6 Å². The first-order valence-electron chi connectivity index (χ1n) is 9.45. The molecule has 3 heterocycles. The Morgan fingerprint density at radius 2 is 2.00 bits per heavy atom. The van der Waals surface area contributed by atoms with E-state index in [1.54, 1.807) is 11.8 Å². The van der Waals surface area contributed by atoms with Crippen LogP contribution in [0.25, 0.3) is 0 Å². The third-order valence-electron chi connectivity index (χ3n) is 6.12. The second-order valence-corrected chi connectivity index (χ2v) is 7.53. The number of amides is 2. The Labute approximate surface area is 149 Å². The Morgan fingerprint density at radius 1 is 1.32 bits per heavy atom. The van der Waals surface area contributed by atoms with Gasteiger partial charge in [-0.05, 0) is 33.1 Å².